The number of nitrogens with zero attached hydrogens (tertiary/aromatic N) is 1. The molecule has 2 N–H and O–H groups in total. The topological polar surface area (TPSA) is 71.1 Å². The van der Waals surface area contributed by atoms with Gasteiger partial charge in [0, 0.05) is 30.2 Å². The number of ketones is 1. The smallest absolute Gasteiger partial charge is 0.257 e. The third-order valence-corrected chi connectivity index (χ3v) is 4.13. The minimum absolute atomic E-state index is 0.00976. The van der Waals surface area contributed by atoms with Crippen molar-refractivity contribution in [3.8, 4) is 0 Å². The highest BCUT2D eigenvalue weighted by molar-refractivity contribution is 6.04. The number of rotatable bonds is 6. The molecular formula is C22H21N3O2. The van der Waals surface area contributed by atoms with E-state index < -0.39 is 0 Å². The number of carbonyl (C=O) groups is 2. The lowest BCUT2D eigenvalue weighted by molar-refractivity contribution is 0.101. The Morgan fingerprint density at radius 3 is 2.41 bits per heavy atom. The SMILES string of the molecule is CC(=O)c1ccc(NC(=O)c2cncc(NCc3cccc(C)c3)c2)cc1. The summed E-state index contributed by atoms with van der Waals surface area (Å²) in [5, 5.41) is 6.10. The van der Waals surface area contributed by atoms with Gasteiger partial charge in [-0.1, -0.05) is 29.8 Å². The number of aromatic nitrogens is 1. The first-order chi connectivity index (χ1) is 13.0. The molecule has 0 saturated heterocycles. The summed E-state index contributed by atoms with van der Waals surface area (Å²) in [5.74, 6) is -0.262. The predicted octanol–water partition coefficient (Wildman–Crippen LogP) is 4.46. The van der Waals surface area contributed by atoms with E-state index in [0.29, 0.717) is 23.4 Å². The lowest BCUT2D eigenvalue weighted by Gasteiger charge is -2.09. The molecule has 0 saturated carbocycles. The van der Waals surface area contributed by atoms with Crippen molar-refractivity contribution in [2.24, 2.45) is 0 Å². The van der Waals surface area contributed by atoms with Crippen molar-refractivity contribution in [1.82, 2.24) is 4.98 Å². The minimum Gasteiger partial charge on any atom is -0.380 e. The average molecular weight is 359 g/mol. The monoisotopic (exact) mass is 359 g/mol. The Balaban J connectivity index is 1.65. The maximum absolute atomic E-state index is 12.5. The second-order valence-electron chi connectivity index (χ2n) is 6.39. The first kappa shape index (κ1) is 18.3. The van der Waals surface area contributed by atoms with Crippen LogP contribution in [0.1, 0.15) is 38.8 Å². The van der Waals surface area contributed by atoms with Gasteiger partial charge in [0.2, 0.25) is 0 Å². The number of hydrogen-bond acceptors (Lipinski definition) is 4. The first-order valence-electron chi connectivity index (χ1n) is 8.68. The zero-order valence-electron chi connectivity index (χ0n) is 15.3. The average Bonchev–Trinajstić information content (AvgIpc) is 2.67. The van der Waals surface area contributed by atoms with Crippen LogP contribution in [0.25, 0.3) is 0 Å². The number of carbonyl (C=O) groups excluding carboxylic acids is 2. The molecule has 0 bridgehead atoms. The summed E-state index contributed by atoms with van der Waals surface area (Å²) >= 11 is 0. The first-order valence-corrected chi connectivity index (χ1v) is 8.68. The molecule has 0 unspecified atom stereocenters. The van der Waals surface area contributed by atoms with E-state index in [-0.39, 0.29) is 11.7 Å². The molecule has 3 aromatic rings. The Morgan fingerprint density at radius 2 is 1.70 bits per heavy atom. The predicted molar refractivity (Wildman–Crippen MR) is 107 cm³/mol. The van der Waals surface area contributed by atoms with E-state index >= 15 is 0 Å². The lowest BCUT2D eigenvalue weighted by Crippen LogP contribution is -2.13. The van der Waals surface area contributed by atoms with Crippen LogP contribution in [0.15, 0.2) is 67.0 Å². The molecule has 5 nitrogen and oxygen atoms in total. The van der Waals surface area contributed by atoms with Crippen LogP contribution in [0.3, 0.4) is 0 Å². The van der Waals surface area contributed by atoms with Gasteiger partial charge in [0.25, 0.3) is 5.91 Å². The summed E-state index contributed by atoms with van der Waals surface area (Å²) in [6, 6.07) is 16.8. The molecule has 2 aromatic carbocycles. The largest absolute Gasteiger partial charge is 0.380 e. The van der Waals surface area contributed by atoms with E-state index in [1.807, 2.05) is 6.07 Å². The zero-order chi connectivity index (χ0) is 19.2. The highest BCUT2D eigenvalue weighted by Crippen LogP contribution is 2.15. The summed E-state index contributed by atoms with van der Waals surface area (Å²) in [6.45, 7) is 4.22. The molecule has 5 heteroatoms. The Kier molecular flexibility index (Phi) is 5.61. The van der Waals surface area contributed by atoms with Crippen LogP contribution >= 0.6 is 0 Å². The fourth-order valence-corrected chi connectivity index (χ4v) is 2.68. The van der Waals surface area contributed by atoms with Gasteiger partial charge in [0.1, 0.15) is 0 Å². The lowest BCUT2D eigenvalue weighted by atomic mass is 10.1. The van der Waals surface area contributed by atoms with Crippen LogP contribution in [-0.4, -0.2) is 16.7 Å². The van der Waals surface area contributed by atoms with Crippen LogP contribution in [0, 0.1) is 6.92 Å². The standard InChI is InChI=1S/C22H21N3O2/c1-15-4-3-5-17(10-15)12-24-21-11-19(13-23-14-21)22(27)25-20-8-6-18(7-9-20)16(2)26/h3-11,13-14,24H,12H2,1-2H3,(H,25,27). The highest BCUT2D eigenvalue weighted by atomic mass is 16.1. The van der Waals surface area contributed by atoms with Gasteiger partial charge >= 0.3 is 0 Å². The highest BCUT2D eigenvalue weighted by Gasteiger charge is 2.08. The van der Waals surface area contributed by atoms with Crippen molar-refractivity contribution in [3.05, 3.63) is 89.2 Å². The van der Waals surface area contributed by atoms with E-state index in [1.165, 1.54) is 18.7 Å². The number of Topliss-reactive ketones (excluding diaryl/α,β-unsaturated/α-hetero) is 1. The summed E-state index contributed by atoms with van der Waals surface area (Å²) < 4.78 is 0. The van der Waals surface area contributed by atoms with Gasteiger partial charge in [0.15, 0.2) is 5.78 Å². The van der Waals surface area contributed by atoms with Gasteiger partial charge in [-0.3, -0.25) is 14.6 Å². The molecule has 0 radical (unpaired) electrons. The Morgan fingerprint density at radius 1 is 0.926 bits per heavy atom. The molecule has 0 aliphatic rings. The van der Waals surface area contributed by atoms with Crippen molar-refractivity contribution in [2.45, 2.75) is 20.4 Å². The van der Waals surface area contributed by atoms with Crippen LogP contribution in [0.2, 0.25) is 0 Å². The summed E-state index contributed by atoms with van der Waals surface area (Å²) in [7, 11) is 0. The van der Waals surface area contributed by atoms with Crippen LogP contribution in [-0.2, 0) is 6.54 Å². The number of aryl methyl sites for hydroxylation is 1. The van der Waals surface area contributed by atoms with Crippen molar-refractivity contribution < 1.29 is 9.59 Å². The Bertz CT molecular complexity index is 965. The number of benzene rings is 2. The van der Waals surface area contributed by atoms with Gasteiger partial charge < -0.3 is 10.6 Å². The molecule has 27 heavy (non-hydrogen) atoms. The Labute approximate surface area is 158 Å². The molecular weight excluding hydrogens is 338 g/mol. The maximum Gasteiger partial charge on any atom is 0.257 e. The summed E-state index contributed by atoms with van der Waals surface area (Å²) in [4.78, 5) is 27.9. The van der Waals surface area contributed by atoms with Crippen LogP contribution in [0.4, 0.5) is 11.4 Å². The molecule has 0 aliphatic carbocycles. The molecule has 0 spiro atoms. The number of hydrogen-bond donors (Lipinski definition) is 2. The number of nitrogens with one attached hydrogen (secondary N) is 2. The molecule has 1 aromatic heterocycles. The van der Waals surface area contributed by atoms with Crippen molar-refractivity contribution in [1.29, 1.82) is 0 Å². The summed E-state index contributed by atoms with van der Waals surface area (Å²) in [6.07, 6.45) is 3.21. The molecule has 3 rings (SSSR count). The molecule has 1 heterocycles. The van der Waals surface area contributed by atoms with Crippen molar-refractivity contribution in [3.63, 3.8) is 0 Å². The molecule has 0 atom stereocenters. The number of amides is 1. The molecule has 0 fully saturated rings. The number of pyridine rings is 1. The van der Waals surface area contributed by atoms with Crippen LogP contribution in [0.5, 0.6) is 0 Å². The molecule has 1 amide bonds. The van der Waals surface area contributed by atoms with Gasteiger partial charge in [-0.25, -0.2) is 0 Å². The molecule has 136 valence electrons. The van der Waals surface area contributed by atoms with Crippen molar-refractivity contribution in [2.75, 3.05) is 10.6 Å². The van der Waals surface area contributed by atoms with Crippen LogP contribution < -0.4 is 10.6 Å². The minimum atomic E-state index is -0.253. The summed E-state index contributed by atoms with van der Waals surface area (Å²) in [5.41, 5.74) is 4.84. The second kappa shape index (κ2) is 8.27. The van der Waals surface area contributed by atoms with Gasteiger partial charge in [-0.05, 0) is 49.7 Å². The second-order valence-corrected chi connectivity index (χ2v) is 6.39. The van der Waals surface area contributed by atoms with E-state index in [9.17, 15) is 9.59 Å². The van der Waals surface area contributed by atoms with E-state index in [2.05, 4.69) is 40.7 Å². The van der Waals surface area contributed by atoms with Crippen molar-refractivity contribution >= 4 is 23.1 Å². The van der Waals surface area contributed by atoms with Gasteiger partial charge in [-0.15, -0.1) is 0 Å². The van der Waals surface area contributed by atoms with E-state index in [0.717, 1.165) is 11.3 Å². The van der Waals surface area contributed by atoms with Gasteiger partial charge in [-0.2, -0.15) is 0 Å². The Hall–Kier alpha value is -3.47. The quantitative estimate of drug-likeness (QED) is 0.638. The maximum atomic E-state index is 12.5. The van der Waals surface area contributed by atoms with E-state index in [4.69, 9.17) is 0 Å². The third-order valence-electron chi connectivity index (χ3n) is 4.13. The van der Waals surface area contributed by atoms with E-state index in [1.54, 1.807) is 36.5 Å². The zero-order valence-corrected chi connectivity index (χ0v) is 15.3. The van der Waals surface area contributed by atoms with Gasteiger partial charge in [0.05, 0.1) is 11.3 Å². The molecule has 0 aliphatic heterocycles. The number of anilines is 2. The fourth-order valence-electron chi connectivity index (χ4n) is 2.68. The third kappa shape index (κ3) is 5.01. The normalized spacial score (nSPS) is 10.3. The fraction of sp³-hybridized carbons (Fsp3) is 0.136.